The number of aromatic amines is 1. The lowest BCUT2D eigenvalue weighted by Crippen LogP contribution is -2.04. The van der Waals surface area contributed by atoms with Gasteiger partial charge >= 0.3 is 5.97 Å². The highest BCUT2D eigenvalue weighted by Crippen LogP contribution is 2.29. The van der Waals surface area contributed by atoms with Gasteiger partial charge in [0.25, 0.3) is 0 Å². The SMILES string of the molecule is COC(=O)c1cc(-c2cn[nH]c2)ccc1-c1ccccc1. The topological polar surface area (TPSA) is 55.0 Å². The van der Waals surface area contributed by atoms with E-state index in [-0.39, 0.29) is 5.97 Å². The van der Waals surface area contributed by atoms with E-state index in [4.69, 9.17) is 4.74 Å². The molecule has 1 aromatic heterocycles. The zero-order chi connectivity index (χ0) is 14.7. The van der Waals surface area contributed by atoms with Gasteiger partial charge in [-0.3, -0.25) is 5.10 Å². The van der Waals surface area contributed by atoms with E-state index >= 15 is 0 Å². The third-order valence-corrected chi connectivity index (χ3v) is 3.34. The molecule has 3 aromatic rings. The van der Waals surface area contributed by atoms with E-state index < -0.39 is 0 Å². The van der Waals surface area contributed by atoms with Crippen LogP contribution in [0.15, 0.2) is 60.9 Å². The molecule has 0 amide bonds. The van der Waals surface area contributed by atoms with Gasteiger partial charge in [0.2, 0.25) is 0 Å². The first-order valence-electron chi connectivity index (χ1n) is 6.56. The van der Waals surface area contributed by atoms with Crippen molar-refractivity contribution in [3.8, 4) is 22.3 Å². The molecule has 0 fully saturated rings. The number of H-pyrrole nitrogens is 1. The van der Waals surface area contributed by atoms with Crippen LogP contribution in [0.5, 0.6) is 0 Å². The van der Waals surface area contributed by atoms with Crippen LogP contribution in [0.1, 0.15) is 10.4 Å². The molecule has 0 spiro atoms. The zero-order valence-electron chi connectivity index (χ0n) is 11.5. The number of nitrogens with zero attached hydrogens (tertiary/aromatic N) is 1. The molecule has 0 atom stereocenters. The number of ether oxygens (including phenoxy) is 1. The number of aromatic nitrogens is 2. The Morgan fingerprint density at radius 2 is 1.86 bits per heavy atom. The van der Waals surface area contributed by atoms with Crippen molar-refractivity contribution in [2.24, 2.45) is 0 Å². The summed E-state index contributed by atoms with van der Waals surface area (Å²) in [5.74, 6) is -0.348. The van der Waals surface area contributed by atoms with Crippen LogP contribution < -0.4 is 0 Å². The summed E-state index contributed by atoms with van der Waals surface area (Å²) >= 11 is 0. The van der Waals surface area contributed by atoms with Crippen molar-refractivity contribution in [3.05, 3.63) is 66.5 Å². The average Bonchev–Trinajstić information content (AvgIpc) is 3.09. The van der Waals surface area contributed by atoms with Crippen molar-refractivity contribution in [1.29, 1.82) is 0 Å². The number of methoxy groups -OCH3 is 1. The molecular formula is C17H14N2O2. The lowest BCUT2D eigenvalue weighted by atomic mass is 9.96. The van der Waals surface area contributed by atoms with Crippen LogP contribution in [-0.4, -0.2) is 23.3 Å². The lowest BCUT2D eigenvalue weighted by molar-refractivity contribution is 0.0601. The second-order valence-electron chi connectivity index (χ2n) is 4.60. The minimum Gasteiger partial charge on any atom is -0.465 e. The van der Waals surface area contributed by atoms with E-state index in [1.54, 1.807) is 12.4 Å². The molecule has 0 bridgehead atoms. The minimum atomic E-state index is -0.348. The smallest absolute Gasteiger partial charge is 0.338 e. The molecule has 0 unspecified atom stereocenters. The first-order chi connectivity index (χ1) is 10.3. The Bertz CT molecular complexity index is 750. The Labute approximate surface area is 122 Å². The molecule has 1 N–H and O–H groups in total. The normalized spacial score (nSPS) is 10.3. The number of carbonyl (C=O) groups excluding carboxylic acids is 1. The van der Waals surface area contributed by atoms with Crippen molar-refractivity contribution in [1.82, 2.24) is 10.2 Å². The van der Waals surface area contributed by atoms with Crippen LogP contribution >= 0.6 is 0 Å². The Balaban J connectivity index is 2.15. The Morgan fingerprint density at radius 1 is 1.05 bits per heavy atom. The molecule has 3 rings (SSSR count). The van der Waals surface area contributed by atoms with Crippen molar-refractivity contribution in [2.45, 2.75) is 0 Å². The van der Waals surface area contributed by atoms with Crippen LogP contribution in [0.2, 0.25) is 0 Å². The van der Waals surface area contributed by atoms with E-state index in [0.29, 0.717) is 5.56 Å². The van der Waals surface area contributed by atoms with Gasteiger partial charge in [-0.05, 0) is 22.8 Å². The summed E-state index contributed by atoms with van der Waals surface area (Å²) in [6, 6.07) is 15.5. The molecule has 0 saturated heterocycles. The van der Waals surface area contributed by atoms with Gasteiger partial charge in [-0.2, -0.15) is 5.10 Å². The summed E-state index contributed by atoms with van der Waals surface area (Å²) in [4.78, 5) is 12.1. The molecule has 0 aliphatic rings. The molecule has 0 aliphatic carbocycles. The zero-order valence-corrected chi connectivity index (χ0v) is 11.5. The summed E-state index contributed by atoms with van der Waals surface area (Å²) in [7, 11) is 1.39. The van der Waals surface area contributed by atoms with Gasteiger partial charge in [0.15, 0.2) is 0 Å². The van der Waals surface area contributed by atoms with Crippen LogP contribution in [-0.2, 0) is 4.74 Å². The highest BCUT2D eigenvalue weighted by Gasteiger charge is 2.14. The number of esters is 1. The molecule has 0 radical (unpaired) electrons. The molecular weight excluding hydrogens is 264 g/mol. The lowest BCUT2D eigenvalue weighted by Gasteiger charge is -2.10. The van der Waals surface area contributed by atoms with Crippen LogP contribution in [0, 0.1) is 0 Å². The largest absolute Gasteiger partial charge is 0.465 e. The van der Waals surface area contributed by atoms with Crippen LogP contribution in [0.3, 0.4) is 0 Å². The number of hydrogen-bond acceptors (Lipinski definition) is 3. The monoisotopic (exact) mass is 278 g/mol. The second-order valence-corrected chi connectivity index (χ2v) is 4.60. The quantitative estimate of drug-likeness (QED) is 0.746. The Hall–Kier alpha value is -2.88. The standard InChI is InChI=1S/C17H14N2O2/c1-21-17(20)16-9-13(14-10-18-19-11-14)7-8-15(16)12-5-3-2-4-6-12/h2-11H,1H3,(H,18,19). The second kappa shape index (κ2) is 5.63. The van der Waals surface area contributed by atoms with Gasteiger partial charge in [0.1, 0.15) is 0 Å². The predicted molar refractivity (Wildman–Crippen MR) is 80.8 cm³/mol. The molecule has 4 heteroatoms. The third-order valence-electron chi connectivity index (χ3n) is 3.34. The van der Waals surface area contributed by atoms with Crippen molar-refractivity contribution >= 4 is 5.97 Å². The molecule has 4 nitrogen and oxygen atoms in total. The van der Waals surface area contributed by atoms with Crippen LogP contribution in [0.4, 0.5) is 0 Å². The number of hydrogen-bond donors (Lipinski definition) is 1. The number of benzene rings is 2. The summed E-state index contributed by atoms with van der Waals surface area (Å²) < 4.78 is 4.91. The van der Waals surface area contributed by atoms with Gasteiger partial charge in [-0.15, -0.1) is 0 Å². The molecule has 2 aromatic carbocycles. The summed E-state index contributed by atoms with van der Waals surface area (Å²) in [5.41, 5.74) is 4.23. The van der Waals surface area contributed by atoms with E-state index in [0.717, 1.165) is 22.3 Å². The maximum absolute atomic E-state index is 12.1. The first kappa shape index (κ1) is 13.1. The summed E-state index contributed by atoms with van der Waals surface area (Å²) in [6.45, 7) is 0. The molecule has 21 heavy (non-hydrogen) atoms. The van der Waals surface area contributed by atoms with Gasteiger partial charge < -0.3 is 4.74 Å². The summed E-state index contributed by atoms with van der Waals surface area (Å²) in [6.07, 6.45) is 3.51. The minimum absolute atomic E-state index is 0.348. The van der Waals surface area contributed by atoms with Crippen molar-refractivity contribution < 1.29 is 9.53 Å². The van der Waals surface area contributed by atoms with Crippen LogP contribution in [0.25, 0.3) is 22.3 Å². The predicted octanol–water partition coefficient (Wildman–Crippen LogP) is 3.53. The summed E-state index contributed by atoms with van der Waals surface area (Å²) in [5, 5.41) is 6.70. The number of rotatable bonds is 3. The highest BCUT2D eigenvalue weighted by molar-refractivity contribution is 5.98. The fourth-order valence-corrected chi connectivity index (χ4v) is 2.28. The first-order valence-corrected chi connectivity index (χ1v) is 6.56. The average molecular weight is 278 g/mol. The third kappa shape index (κ3) is 2.56. The van der Waals surface area contributed by atoms with E-state index in [1.165, 1.54) is 7.11 Å². The van der Waals surface area contributed by atoms with Gasteiger partial charge in [0.05, 0.1) is 18.9 Å². The number of nitrogens with one attached hydrogen (secondary N) is 1. The number of carbonyl (C=O) groups is 1. The Morgan fingerprint density at radius 3 is 2.52 bits per heavy atom. The van der Waals surface area contributed by atoms with Crippen molar-refractivity contribution in [3.63, 3.8) is 0 Å². The fourth-order valence-electron chi connectivity index (χ4n) is 2.28. The van der Waals surface area contributed by atoms with E-state index in [2.05, 4.69) is 10.2 Å². The van der Waals surface area contributed by atoms with Gasteiger partial charge in [0, 0.05) is 11.8 Å². The fraction of sp³-hybridized carbons (Fsp3) is 0.0588. The maximum atomic E-state index is 12.1. The van der Waals surface area contributed by atoms with Crippen molar-refractivity contribution in [2.75, 3.05) is 7.11 Å². The van der Waals surface area contributed by atoms with Gasteiger partial charge in [-0.1, -0.05) is 42.5 Å². The molecule has 0 aliphatic heterocycles. The molecule has 104 valence electrons. The molecule has 0 saturated carbocycles. The maximum Gasteiger partial charge on any atom is 0.338 e. The van der Waals surface area contributed by atoms with E-state index in [1.807, 2.05) is 48.5 Å². The highest BCUT2D eigenvalue weighted by atomic mass is 16.5. The van der Waals surface area contributed by atoms with Gasteiger partial charge in [-0.25, -0.2) is 4.79 Å². The molecule has 1 heterocycles. The Kier molecular flexibility index (Phi) is 3.51. The van der Waals surface area contributed by atoms with E-state index in [9.17, 15) is 4.79 Å².